The number of nitrogens with zero attached hydrogens (tertiary/aromatic N) is 1. The topological polar surface area (TPSA) is 37.9 Å². The lowest BCUT2D eigenvalue weighted by atomic mass is 10.1. The summed E-state index contributed by atoms with van der Waals surface area (Å²) >= 11 is 11.9. The Morgan fingerprint density at radius 2 is 1.73 bits per heavy atom. The van der Waals surface area contributed by atoms with Crippen molar-refractivity contribution in [3.05, 3.63) is 64.8 Å². The molecule has 0 amide bonds. The van der Waals surface area contributed by atoms with Crippen molar-refractivity contribution in [3.63, 3.8) is 0 Å². The van der Waals surface area contributed by atoms with Gasteiger partial charge in [0.2, 0.25) is 5.88 Å². The van der Waals surface area contributed by atoms with Gasteiger partial charge in [0.1, 0.15) is 10.8 Å². The Hall–Kier alpha value is -2.23. The highest BCUT2D eigenvalue weighted by Gasteiger charge is 2.08. The largest absolute Gasteiger partial charge is 0.437 e. The van der Waals surface area contributed by atoms with Gasteiger partial charge in [-0.1, -0.05) is 41.4 Å². The minimum absolute atomic E-state index is 0.335. The maximum Gasteiger partial charge on any atom is 0.238 e. The van der Waals surface area contributed by atoms with Gasteiger partial charge in [0.15, 0.2) is 0 Å². The van der Waals surface area contributed by atoms with Crippen molar-refractivity contribution in [2.75, 3.05) is 0 Å². The van der Waals surface area contributed by atoms with Gasteiger partial charge in [-0.25, -0.2) is 4.98 Å². The molecule has 0 radical (unpaired) electrons. The van der Waals surface area contributed by atoms with E-state index < -0.39 is 0 Å². The van der Waals surface area contributed by atoms with Crippen molar-refractivity contribution in [2.45, 2.75) is 0 Å². The fraction of sp³-hybridized carbons (Fsp3) is 0. The summed E-state index contributed by atoms with van der Waals surface area (Å²) in [5, 5.41) is 3.19. The molecule has 2 aromatic heterocycles. The van der Waals surface area contributed by atoms with E-state index >= 15 is 0 Å². The van der Waals surface area contributed by atoms with E-state index in [9.17, 15) is 0 Å². The zero-order valence-electron chi connectivity index (χ0n) is 11.3. The maximum atomic E-state index is 6.08. The van der Waals surface area contributed by atoms with E-state index in [1.807, 2.05) is 36.4 Å². The van der Waals surface area contributed by atoms with Crippen LogP contribution in [0, 0.1) is 0 Å². The van der Waals surface area contributed by atoms with Gasteiger partial charge in [-0.2, -0.15) is 0 Å². The first-order valence-corrected chi connectivity index (χ1v) is 7.46. The van der Waals surface area contributed by atoms with Crippen molar-refractivity contribution < 1.29 is 4.74 Å². The molecule has 0 aliphatic carbocycles. The number of para-hydroxylation sites is 1. The van der Waals surface area contributed by atoms with Gasteiger partial charge in [-0.3, -0.25) is 0 Å². The Kier molecular flexibility index (Phi) is 3.17. The molecule has 0 saturated carbocycles. The van der Waals surface area contributed by atoms with Crippen LogP contribution in [0.3, 0.4) is 0 Å². The fourth-order valence-corrected chi connectivity index (χ4v) is 2.90. The highest BCUT2D eigenvalue weighted by molar-refractivity contribution is 6.35. The second kappa shape index (κ2) is 5.20. The molecule has 4 rings (SSSR count). The molecule has 0 bridgehead atoms. The first-order valence-electron chi connectivity index (χ1n) is 6.70. The summed E-state index contributed by atoms with van der Waals surface area (Å²) in [6, 6.07) is 15.6. The third-order valence-electron chi connectivity index (χ3n) is 3.47. The zero-order valence-corrected chi connectivity index (χ0v) is 12.8. The number of aromatic amines is 1. The van der Waals surface area contributed by atoms with Crippen LogP contribution in [0.15, 0.2) is 54.7 Å². The summed E-state index contributed by atoms with van der Waals surface area (Å²) in [6.45, 7) is 0. The molecule has 0 atom stereocenters. The molecule has 1 N–H and O–H groups in total. The van der Waals surface area contributed by atoms with E-state index in [1.165, 1.54) is 11.6 Å². The molecule has 0 spiro atoms. The standard InChI is InChI=1S/C17H10Cl2N2O/c18-10-7-14(19)17(20-9-10)22-11-5-6-13-12-3-1-2-4-15(12)21-16(13)8-11/h1-9,21H. The zero-order chi connectivity index (χ0) is 15.1. The van der Waals surface area contributed by atoms with E-state index in [0.717, 1.165) is 16.4 Å². The molecular weight excluding hydrogens is 319 g/mol. The average Bonchev–Trinajstić information content (AvgIpc) is 2.88. The molecule has 2 heterocycles. The molecule has 0 unspecified atom stereocenters. The number of halogens is 2. The number of hydrogen-bond acceptors (Lipinski definition) is 2. The first-order chi connectivity index (χ1) is 10.7. The Morgan fingerprint density at radius 3 is 2.59 bits per heavy atom. The summed E-state index contributed by atoms with van der Waals surface area (Å²) < 4.78 is 5.75. The van der Waals surface area contributed by atoms with E-state index in [4.69, 9.17) is 27.9 Å². The van der Waals surface area contributed by atoms with Crippen molar-refractivity contribution in [1.82, 2.24) is 9.97 Å². The Balaban J connectivity index is 1.77. The number of pyridine rings is 1. The summed E-state index contributed by atoms with van der Waals surface area (Å²) in [5.41, 5.74) is 2.10. The second-order valence-electron chi connectivity index (χ2n) is 4.92. The van der Waals surface area contributed by atoms with Gasteiger partial charge in [0, 0.05) is 28.6 Å². The highest BCUT2D eigenvalue weighted by Crippen LogP contribution is 2.32. The minimum atomic E-state index is 0.335. The Labute approximate surface area is 136 Å². The quantitative estimate of drug-likeness (QED) is 0.503. The molecule has 3 nitrogen and oxygen atoms in total. The van der Waals surface area contributed by atoms with Crippen molar-refractivity contribution >= 4 is 45.0 Å². The van der Waals surface area contributed by atoms with Gasteiger partial charge in [-0.05, 0) is 24.3 Å². The maximum absolute atomic E-state index is 6.08. The average molecular weight is 329 g/mol. The number of rotatable bonds is 2. The molecule has 5 heteroatoms. The monoisotopic (exact) mass is 328 g/mol. The fourth-order valence-electron chi connectivity index (χ4n) is 2.49. The van der Waals surface area contributed by atoms with Gasteiger partial charge in [-0.15, -0.1) is 0 Å². The molecule has 22 heavy (non-hydrogen) atoms. The lowest BCUT2D eigenvalue weighted by molar-refractivity contribution is 0.464. The highest BCUT2D eigenvalue weighted by atomic mass is 35.5. The van der Waals surface area contributed by atoms with E-state index in [-0.39, 0.29) is 0 Å². The molecule has 4 aromatic rings. The molecule has 0 saturated heterocycles. The lowest BCUT2D eigenvalue weighted by Crippen LogP contribution is -1.88. The van der Waals surface area contributed by atoms with Crippen LogP contribution in [0.1, 0.15) is 0 Å². The van der Waals surface area contributed by atoms with Crippen LogP contribution in [-0.2, 0) is 0 Å². The van der Waals surface area contributed by atoms with E-state index in [1.54, 1.807) is 6.07 Å². The Bertz CT molecular complexity index is 994. The summed E-state index contributed by atoms with van der Waals surface area (Å²) in [4.78, 5) is 7.47. The van der Waals surface area contributed by atoms with Crippen molar-refractivity contribution in [2.24, 2.45) is 0 Å². The number of H-pyrrole nitrogens is 1. The number of fused-ring (bicyclic) bond motifs is 3. The van der Waals surface area contributed by atoms with Crippen LogP contribution < -0.4 is 4.74 Å². The van der Waals surface area contributed by atoms with Crippen LogP contribution in [0.2, 0.25) is 10.0 Å². The van der Waals surface area contributed by atoms with Crippen LogP contribution >= 0.6 is 23.2 Å². The number of aromatic nitrogens is 2. The summed E-state index contributed by atoms with van der Waals surface area (Å²) in [6.07, 6.45) is 1.50. The number of hydrogen-bond donors (Lipinski definition) is 1. The SMILES string of the molecule is Clc1cnc(Oc2ccc3c(c2)[nH]c2ccccc23)c(Cl)c1. The molecule has 108 valence electrons. The summed E-state index contributed by atoms with van der Waals surface area (Å²) in [5.74, 6) is 0.998. The van der Waals surface area contributed by atoms with Crippen molar-refractivity contribution in [3.8, 4) is 11.6 Å². The summed E-state index contributed by atoms with van der Waals surface area (Å²) in [7, 11) is 0. The second-order valence-corrected chi connectivity index (χ2v) is 5.76. The lowest BCUT2D eigenvalue weighted by Gasteiger charge is -2.06. The predicted octanol–water partition coefficient (Wildman–Crippen LogP) is 5.82. The Morgan fingerprint density at radius 1 is 0.909 bits per heavy atom. The molecule has 0 aliphatic heterocycles. The van der Waals surface area contributed by atoms with Crippen LogP contribution in [0.25, 0.3) is 21.8 Å². The smallest absolute Gasteiger partial charge is 0.238 e. The van der Waals surface area contributed by atoms with E-state index in [2.05, 4.69) is 16.0 Å². The van der Waals surface area contributed by atoms with E-state index in [0.29, 0.717) is 21.7 Å². The first kappa shape index (κ1) is 13.4. The van der Waals surface area contributed by atoms with Gasteiger partial charge >= 0.3 is 0 Å². The molecule has 0 aliphatic rings. The minimum Gasteiger partial charge on any atom is -0.437 e. The predicted molar refractivity (Wildman–Crippen MR) is 90.1 cm³/mol. The third-order valence-corrected chi connectivity index (χ3v) is 3.94. The molecule has 2 aromatic carbocycles. The van der Waals surface area contributed by atoms with Gasteiger partial charge < -0.3 is 9.72 Å². The third kappa shape index (κ3) is 2.28. The van der Waals surface area contributed by atoms with Crippen molar-refractivity contribution in [1.29, 1.82) is 0 Å². The molecule has 0 fully saturated rings. The normalized spacial score (nSPS) is 11.2. The van der Waals surface area contributed by atoms with Gasteiger partial charge in [0.25, 0.3) is 0 Å². The number of ether oxygens (including phenoxy) is 1. The molecular formula is C17H10Cl2N2O. The van der Waals surface area contributed by atoms with Gasteiger partial charge in [0.05, 0.1) is 10.5 Å². The van der Waals surface area contributed by atoms with Crippen LogP contribution in [-0.4, -0.2) is 9.97 Å². The van der Waals surface area contributed by atoms with Crippen LogP contribution in [0.5, 0.6) is 11.6 Å². The van der Waals surface area contributed by atoms with Crippen LogP contribution in [0.4, 0.5) is 0 Å². The number of benzene rings is 2. The number of nitrogens with one attached hydrogen (secondary N) is 1.